The summed E-state index contributed by atoms with van der Waals surface area (Å²) in [4.78, 5) is 3.90. The highest BCUT2D eigenvalue weighted by Gasteiger charge is 1.98. The quantitative estimate of drug-likeness (QED) is 0.625. The van der Waals surface area contributed by atoms with Gasteiger partial charge in [-0.15, -0.1) is 0 Å². The van der Waals surface area contributed by atoms with E-state index in [1.54, 1.807) is 6.20 Å². The minimum absolute atomic E-state index is 0.385. The average molecular weight is 155 g/mol. The van der Waals surface area contributed by atoms with Crippen LogP contribution in [0.15, 0.2) is 10.6 Å². The predicted octanol–water partition coefficient (Wildman–Crippen LogP) is 2.16. The molecule has 0 saturated heterocycles. The van der Waals surface area contributed by atoms with Crippen molar-refractivity contribution in [1.82, 2.24) is 4.98 Å². The molecule has 62 valence electrons. The maximum atomic E-state index is 5.19. The van der Waals surface area contributed by atoms with Crippen molar-refractivity contribution in [3.63, 3.8) is 0 Å². The van der Waals surface area contributed by atoms with Gasteiger partial charge in [-0.1, -0.05) is 13.3 Å². The van der Waals surface area contributed by atoms with Gasteiger partial charge in [-0.3, -0.25) is 0 Å². The lowest BCUT2D eigenvalue weighted by Gasteiger charge is -1.97. The van der Waals surface area contributed by atoms with E-state index in [1.165, 1.54) is 0 Å². The molecule has 11 heavy (non-hydrogen) atoms. The van der Waals surface area contributed by atoms with E-state index in [2.05, 4.69) is 11.9 Å². The number of hydrogen-bond donors (Lipinski definition) is 0. The van der Waals surface area contributed by atoms with Gasteiger partial charge in [-0.2, -0.15) is 4.98 Å². The molecule has 0 amide bonds. The molecule has 0 radical (unpaired) electrons. The van der Waals surface area contributed by atoms with Crippen LogP contribution in [0.25, 0.3) is 0 Å². The first-order valence-electron chi connectivity index (χ1n) is 3.88. The standard InChI is InChI=1S/C8H13NO2/c1-3-4-5-10-8-9-6-7(2)11-8/h6H,3-5H2,1-2H3. The molecule has 3 nitrogen and oxygen atoms in total. The van der Waals surface area contributed by atoms with Crippen molar-refractivity contribution in [2.24, 2.45) is 0 Å². The molecule has 0 atom stereocenters. The third kappa shape index (κ3) is 2.62. The Hall–Kier alpha value is -0.990. The van der Waals surface area contributed by atoms with Crippen LogP contribution in [0.5, 0.6) is 6.08 Å². The monoisotopic (exact) mass is 155 g/mol. The van der Waals surface area contributed by atoms with Crippen molar-refractivity contribution < 1.29 is 9.15 Å². The zero-order valence-electron chi connectivity index (χ0n) is 6.96. The predicted molar refractivity (Wildman–Crippen MR) is 41.6 cm³/mol. The number of aromatic nitrogens is 1. The molecular formula is C8H13NO2. The van der Waals surface area contributed by atoms with Gasteiger partial charge in [0.2, 0.25) is 0 Å². The van der Waals surface area contributed by atoms with Crippen LogP contribution in [0.4, 0.5) is 0 Å². The molecule has 0 N–H and O–H groups in total. The summed E-state index contributed by atoms with van der Waals surface area (Å²) in [5.41, 5.74) is 0. The van der Waals surface area contributed by atoms with Crippen molar-refractivity contribution in [2.75, 3.05) is 6.61 Å². The van der Waals surface area contributed by atoms with E-state index in [4.69, 9.17) is 9.15 Å². The molecule has 1 rings (SSSR count). The SMILES string of the molecule is CCCCOc1ncc(C)o1. The lowest BCUT2D eigenvalue weighted by molar-refractivity contribution is 0.223. The number of ether oxygens (including phenoxy) is 1. The smallest absolute Gasteiger partial charge is 0.393 e. The van der Waals surface area contributed by atoms with E-state index in [1.807, 2.05) is 6.92 Å². The van der Waals surface area contributed by atoms with Crippen LogP contribution in [0, 0.1) is 6.92 Å². The summed E-state index contributed by atoms with van der Waals surface area (Å²) in [5, 5.41) is 0. The number of aryl methyl sites for hydroxylation is 1. The van der Waals surface area contributed by atoms with Crippen LogP contribution in [0.3, 0.4) is 0 Å². The molecule has 1 aromatic rings. The minimum Gasteiger partial charge on any atom is -0.450 e. The number of nitrogens with zero attached hydrogens (tertiary/aromatic N) is 1. The van der Waals surface area contributed by atoms with E-state index in [0.717, 1.165) is 18.6 Å². The van der Waals surface area contributed by atoms with Gasteiger partial charge in [-0.05, 0) is 13.3 Å². The second-order valence-electron chi connectivity index (χ2n) is 2.44. The summed E-state index contributed by atoms with van der Waals surface area (Å²) in [6.07, 6.45) is 4.21. The third-order valence-electron chi connectivity index (χ3n) is 1.32. The van der Waals surface area contributed by atoms with Crippen molar-refractivity contribution in [3.05, 3.63) is 12.0 Å². The second kappa shape index (κ2) is 4.01. The van der Waals surface area contributed by atoms with E-state index in [9.17, 15) is 0 Å². The van der Waals surface area contributed by atoms with Crippen LogP contribution >= 0.6 is 0 Å². The van der Waals surface area contributed by atoms with Crippen LogP contribution in [-0.4, -0.2) is 11.6 Å². The van der Waals surface area contributed by atoms with Gasteiger partial charge in [0.15, 0.2) is 0 Å². The highest BCUT2D eigenvalue weighted by molar-refractivity contribution is 4.94. The molecule has 1 aromatic heterocycles. The Labute approximate surface area is 66.4 Å². The summed E-state index contributed by atoms with van der Waals surface area (Å²) in [6.45, 7) is 4.65. The Balaban J connectivity index is 2.27. The van der Waals surface area contributed by atoms with Gasteiger partial charge in [0.25, 0.3) is 0 Å². The normalized spacial score (nSPS) is 10.0. The van der Waals surface area contributed by atoms with Crippen LogP contribution < -0.4 is 4.74 Å². The molecular weight excluding hydrogens is 142 g/mol. The van der Waals surface area contributed by atoms with E-state index in [-0.39, 0.29) is 0 Å². The van der Waals surface area contributed by atoms with Gasteiger partial charge < -0.3 is 9.15 Å². The van der Waals surface area contributed by atoms with Crippen molar-refractivity contribution in [2.45, 2.75) is 26.7 Å². The Bertz CT molecular complexity index is 208. The second-order valence-corrected chi connectivity index (χ2v) is 2.44. The van der Waals surface area contributed by atoms with E-state index < -0.39 is 0 Å². The first-order chi connectivity index (χ1) is 5.33. The first kappa shape index (κ1) is 8.11. The molecule has 0 spiro atoms. The van der Waals surface area contributed by atoms with Gasteiger partial charge in [-0.25, -0.2) is 0 Å². The van der Waals surface area contributed by atoms with Gasteiger partial charge >= 0.3 is 6.08 Å². The number of unbranched alkanes of at least 4 members (excludes halogenated alkanes) is 1. The molecule has 0 fully saturated rings. The highest BCUT2D eigenvalue weighted by Crippen LogP contribution is 2.09. The number of oxazole rings is 1. The maximum absolute atomic E-state index is 5.19. The number of rotatable bonds is 4. The molecule has 1 heterocycles. The van der Waals surface area contributed by atoms with Crippen molar-refractivity contribution >= 4 is 0 Å². The molecule has 0 aromatic carbocycles. The van der Waals surface area contributed by atoms with Gasteiger partial charge in [0.05, 0.1) is 12.8 Å². The summed E-state index contributed by atoms with van der Waals surface area (Å²) in [6, 6.07) is 0. The third-order valence-corrected chi connectivity index (χ3v) is 1.32. The maximum Gasteiger partial charge on any atom is 0.393 e. The highest BCUT2D eigenvalue weighted by atomic mass is 16.6. The largest absolute Gasteiger partial charge is 0.450 e. The first-order valence-corrected chi connectivity index (χ1v) is 3.88. The Morgan fingerprint density at radius 1 is 1.64 bits per heavy atom. The Morgan fingerprint density at radius 3 is 3.00 bits per heavy atom. The fourth-order valence-corrected chi connectivity index (χ4v) is 0.705. The summed E-state index contributed by atoms with van der Waals surface area (Å²) in [5.74, 6) is 0.788. The molecule has 0 unspecified atom stereocenters. The molecule has 0 aliphatic rings. The fourth-order valence-electron chi connectivity index (χ4n) is 0.705. The van der Waals surface area contributed by atoms with Crippen LogP contribution in [0.1, 0.15) is 25.5 Å². The Morgan fingerprint density at radius 2 is 2.45 bits per heavy atom. The molecule has 0 aliphatic carbocycles. The van der Waals surface area contributed by atoms with Crippen molar-refractivity contribution in [3.8, 4) is 6.08 Å². The number of hydrogen-bond acceptors (Lipinski definition) is 3. The average Bonchev–Trinajstić information content (AvgIpc) is 2.37. The fraction of sp³-hybridized carbons (Fsp3) is 0.625. The van der Waals surface area contributed by atoms with E-state index in [0.29, 0.717) is 12.7 Å². The summed E-state index contributed by atoms with van der Waals surface area (Å²) < 4.78 is 10.3. The minimum atomic E-state index is 0.385. The van der Waals surface area contributed by atoms with Crippen LogP contribution in [-0.2, 0) is 0 Å². The molecule has 3 heteroatoms. The van der Waals surface area contributed by atoms with Gasteiger partial charge in [0.1, 0.15) is 5.76 Å². The lowest BCUT2D eigenvalue weighted by atomic mass is 10.4. The summed E-state index contributed by atoms with van der Waals surface area (Å²) in [7, 11) is 0. The van der Waals surface area contributed by atoms with E-state index >= 15 is 0 Å². The van der Waals surface area contributed by atoms with Crippen molar-refractivity contribution in [1.29, 1.82) is 0 Å². The zero-order chi connectivity index (χ0) is 8.10. The van der Waals surface area contributed by atoms with Gasteiger partial charge in [0, 0.05) is 0 Å². The summed E-state index contributed by atoms with van der Waals surface area (Å²) >= 11 is 0. The lowest BCUT2D eigenvalue weighted by Crippen LogP contribution is -1.95. The van der Waals surface area contributed by atoms with Crippen LogP contribution in [0.2, 0.25) is 0 Å². The molecule has 0 bridgehead atoms. The zero-order valence-corrected chi connectivity index (χ0v) is 6.96. The molecule has 0 saturated carbocycles. The molecule has 0 aliphatic heterocycles. The topological polar surface area (TPSA) is 35.3 Å². The Kier molecular flexibility index (Phi) is 2.95.